The number of phenols is 2. The number of Topliss-reactive ketones (excluding diaryl/α,β-unsaturated/α-hetero) is 1. The van der Waals surface area contributed by atoms with Gasteiger partial charge in [-0.25, -0.2) is 0 Å². The van der Waals surface area contributed by atoms with E-state index in [1.165, 1.54) is 0 Å². The van der Waals surface area contributed by atoms with E-state index >= 15 is 0 Å². The Morgan fingerprint density at radius 3 is 2.35 bits per heavy atom. The van der Waals surface area contributed by atoms with Crippen molar-refractivity contribution in [1.82, 2.24) is 0 Å². The molecule has 31 heavy (non-hydrogen) atoms. The number of allylic oxidation sites excluding steroid dienone is 2. The lowest BCUT2D eigenvalue weighted by atomic mass is 9.85. The average molecular weight is 430 g/mol. The highest BCUT2D eigenvalue weighted by atomic mass is 16.5. The molecule has 0 radical (unpaired) electrons. The van der Waals surface area contributed by atoms with Gasteiger partial charge < -0.3 is 20.1 Å². The molecule has 0 saturated heterocycles. The first-order valence-corrected chi connectivity index (χ1v) is 10.4. The van der Waals surface area contributed by atoms with Crippen molar-refractivity contribution in [2.75, 3.05) is 0 Å². The summed E-state index contributed by atoms with van der Waals surface area (Å²) in [5.74, 6) is -2.90. The monoisotopic (exact) mass is 430 g/mol. The Bertz CT molecular complexity index is 933. The number of fused-ring (bicyclic) bond motifs is 1. The molecule has 1 unspecified atom stereocenters. The van der Waals surface area contributed by atoms with Crippen molar-refractivity contribution in [3.05, 3.63) is 46.6 Å². The van der Waals surface area contributed by atoms with Crippen molar-refractivity contribution in [2.24, 2.45) is 0 Å². The predicted octanol–water partition coefficient (Wildman–Crippen LogP) is 4.00. The number of hydrogen-bond acceptors (Lipinski definition) is 7. The minimum Gasteiger partial charge on any atom is -0.507 e. The second-order valence-electron chi connectivity index (χ2n) is 8.42. The molecule has 3 N–H and O–H groups in total. The molecule has 0 amide bonds. The fraction of sp³-hybridized carbons (Fsp3) is 0.458. The number of ether oxygens (including phenoxy) is 1. The zero-order valence-electron chi connectivity index (χ0n) is 18.4. The number of carbonyl (C=O) groups is 3. The number of benzene rings is 1. The third kappa shape index (κ3) is 6.04. The lowest BCUT2D eigenvalue weighted by Gasteiger charge is -2.26. The molecule has 0 spiro atoms. The summed E-state index contributed by atoms with van der Waals surface area (Å²) in [4.78, 5) is 38.2. The fourth-order valence-corrected chi connectivity index (χ4v) is 3.46. The number of hydrogen-bond donors (Lipinski definition) is 3. The smallest absolute Gasteiger partial charge is 0.309 e. The molecule has 1 aromatic rings. The van der Waals surface area contributed by atoms with E-state index in [1.807, 2.05) is 20.8 Å². The largest absolute Gasteiger partial charge is 0.507 e. The zero-order valence-corrected chi connectivity index (χ0v) is 18.4. The quantitative estimate of drug-likeness (QED) is 0.307. The maximum atomic E-state index is 13.1. The molecule has 0 aromatic heterocycles. The van der Waals surface area contributed by atoms with Gasteiger partial charge in [-0.15, -0.1) is 0 Å². The van der Waals surface area contributed by atoms with Gasteiger partial charge in [-0.3, -0.25) is 14.4 Å². The number of phenolic OH excluding ortho intramolecular Hbond substituents is 2. The van der Waals surface area contributed by atoms with Crippen molar-refractivity contribution in [2.45, 2.75) is 71.5 Å². The fourth-order valence-electron chi connectivity index (χ4n) is 3.46. The Labute approximate surface area is 182 Å². The van der Waals surface area contributed by atoms with Crippen molar-refractivity contribution in [3.63, 3.8) is 0 Å². The van der Waals surface area contributed by atoms with Crippen LogP contribution >= 0.6 is 0 Å². The maximum Gasteiger partial charge on any atom is 0.309 e. The molecule has 1 aromatic carbocycles. The van der Waals surface area contributed by atoms with E-state index in [0.717, 1.165) is 36.6 Å². The normalized spacial score (nSPS) is 16.1. The highest BCUT2D eigenvalue weighted by Gasteiger charge is 2.36. The number of aromatic hydroxyl groups is 2. The molecule has 7 nitrogen and oxygen atoms in total. The van der Waals surface area contributed by atoms with E-state index in [1.54, 1.807) is 13.0 Å². The van der Waals surface area contributed by atoms with Crippen LogP contribution in [0, 0.1) is 0 Å². The molecule has 0 fully saturated rings. The Morgan fingerprint density at radius 2 is 1.77 bits per heavy atom. The van der Waals surface area contributed by atoms with Crippen LogP contribution in [0.5, 0.6) is 11.5 Å². The SMILES string of the molecule is CCCCC(C)(O)CC(=O)O[C@H](CC=C(C)C)C1=CC(=O)c2c(O)ccc(O)c2C1=O. The van der Waals surface area contributed by atoms with Crippen LogP contribution in [0.3, 0.4) is 0 Å². The molecule has 2 rings (SSSR count). The highest BCUT2D eigenvalue weighted by molar-refractivity contribution is 6.27. The molecule has 2 atom stereocenters. The lowest BCUT2D eigenvalue weighted by Crippen LogP contribution is -2.33. The van der Waals surface area contributed by atoms with E-state index in [-0.39, 0.29) is 29.5 Å². The van der Waals surface area contributed by atoms with Crippen molar-refractivity contribution in [1.29, 1.82) is 0 Å². The number of unbranched alkanes of at least 4 members (excludes halogenated alkanes) is 1. The Balaban J connectivity index is 2.35. The van der Waals surface area contributed by atoms with Crippen molar-refractivity contribution < 1.29 is 34.4 Å². The Morgan fingerprint density at radius 1 is 1.16 bits per heavy atom. The molecule has 1 aliphatic rings. The van der Waals surface area contributed by atoms with Gasteiger partial charge in [0, 0.05) is 12.0 Å². The lowest BCUT2D eigenvalue weighted by molar-refractivity contribution is -0.152. The van der Waals surface area contributed by atoms with Crippen LogP contribution in [0.4, 0.5) is 0 Å². The van der Waals surface area contributed by atoms with E-state index in [4.69, 9.17) is 4.74 Å². The molecule has 0 heterocycles. The summed E-state index contributed by atoms with van der Waals surface area (Å²) in [7, 11) is 0. The molecule has 0 bridgehead atoms. The zero-order chi connectivity index (χ0) is 23.3. The topological polar surface area (TPSA) is 121 Å². The molecule has 0 aliphatic heterocycles. The first kappa shape index (κ1) is 24.3. The first-order chi connectivity index (χ1) is 14.5. The van der Waals surface area contributed by atoms with E-state index in [0.29, 0.717) is 6.42 Å². The molecular weight excluding hydrogens is 400 g/mol. The van der Waals surface area contributed by atoms with Crippen LogP contribution in [0.15, 0.2) is 35.4 Å². The minimum atomic E-state index is -1.24. The van der Waals surface area contributed by atoms with Crippen molar-refractivity contribution in [3.8, 4) is 11.5 Å². The van der Waals surface area contributed by atoms with Gasteiger partial charge in [0.15, 0.2) is 11.6 Å². The van der Waals surface area contributed by atoms with Crippen LogP contribution < -0.4 is 0 Å². The predicted molar refractivity (Wildman–Crippen MR) is 115 cm³/mol. The van der Waals surface area contributed by atoms with Gasteiger partial charge in [-0.2, -0.15) is 0 Å². The van der Waals surface area contributed by atoms with E-state index < -0.39 is 40.7 Å². The highest BCUT2D eigenvalue weighted by Crippen LogP contribution is 2.36. The maximum absolute atomic E-state index is 13.1. The second kappa shape index (κ2) is 9.92. The summed E-state index contributed by atoms with van der Waals surface area (Å²) < 4.78 is 5.53. The summed E-state index contributed by atoms with van der Waals surface area (Å²) >= 11 is 0. The van der Waals surface area contributed by atoms with Crippen LogP contribution in [0.1, 0.15) is 80.5 Å². The number of esters is 1. The minimum absolute atomic E-state index is 0.0857. The molecule has 168 valence electrons. The van der Waals surface area contributed by atoms with Gasteiger partial charge in [0.05, 0.1) is 23.1 Å². The first-order valence-electron chi connectivity index (χ1n) is 10.4. The Hall–Kier alpha value is -2.93. The Kier molecular flexibility index (Phi) is 7.79. The molecule has 1 aliphatic carbocycles. The molecule has 7 heteroatoms. The van der Waals surface area contributed by atoms with Gasteiger partial charge in [0.1, 0.15) is 17.6 Å². The van der Waals surface area contributed by atoms with Gasteiger partial charge in [0.25, 0.3) is 0 Å². The molecular formula is C24H30O7. The second-order valence-corrected chi connectivity index (χ2v) is 8.42. The third-order valence-corrected chi connectivity index (χ3v) is 5.14. The summed E-state index contributed by atoms with van der Waals surface area (Å²) in [5, 5.41) is 30.6. The van der Waals surface area contributed by atoms with Crippen molar-refractivity contribution >= 4 is 17.5 Å². The average Bonchev–Trinajstić information content (AvgIpc) is 2.67. The van der Waals surface area contributed by atoms with Gasteiger partial charge in [-0.1, -0.05) is 31.4 Å². The number of ketones is 2. The van der Waals surface area contributed by atoms with E-state index in [2.05, 4.69) is 0 Å². The molecule has 0 saturated carbocycles. The van der Waals surface area contributed by atoms with E-state index in [9.17, 15) is 29.7 Å². The third-order valence-electron chi connectivity index (χ3n) is 5.14. The van der Waals surface area contributed by atoms with Crippen LogP contribution in [-0.2, 0) is 9.53 Å². The summed E-state index contributed by atoms with van der Waals surface area (Å²) in [6.07, 6.45) is 3.67. The number of rotatable bonds is 9. The summed E-state index contributed by atoms with van der Waals surface area (Å²) in [5.41, 5.74) is -0.991. The summed E-state index contributed by atoms with van der Waals surface area (Å²) in [6.45, 7) is 7.22. The van der Waals surface area contributed by atoms with Gasteiger partial charge in [0.2, 0.25) is 0 Å². The standard InChI is InChI=1S/C24H30O7/c1-5-6-11-24(4,30)13-20(28)31-19(10-7-14(2)3)15-12-18(27)21-16(25)8-9-17(26)22(21)23(15)29/h7-9,12,19,25-26,30H,5-6,10-11,13H2,1-4H3/t19-,24?/m1/s1. The summed E-state index contributed by atoms with van der Waals surface area (Å²) in [6, 6.07) is 2.27. The van der Waals surface area contributed by atoms with Crippen LogP contribution in [0.2, 0.25) is 0 Å². The van der Waals surface area contributed by atoms with Gasteiger partial charge in [-0.05, 0) is 45.4 Å². The number of carbonyl (C=O) groups excluding carboxylic acids is 3. The van der Waals surface area contributed by atoms with Crippen LogP contribution in [-0.4, -0.2) is 44.6 Å². The van der Waals surface area contributed by atoms with Crippen LogP contribution in [0.25, 0.3) is 0 Å². The number of aliphatic hydroxyl groups is 1. The van der Waals surface area contributed by atoms with Gasteiger partial charge >= 0.3 is 5.97 Å².